The van der Waals surface area contributed by atoms with Gasteiger partial charge in [-0.3, -0.25) is 4.98 Å². The Morgan fingerprint density at radius 3 is 2.58 bits per heavy atom. The van der Waals surface area contributed by atoms with Gasteiger partial charge in [-0.25, -0.2) is 0 Å². The molecule has 0 fully saturated rings. The van der Waals surface area contributed by atoms with E-state index in [0.717, 1.165) is 30.0 Å². The summed E-state index contributed by atoms with van der Waals surface area (Å²) in [6.45, 7) is 6.58. The number of pyridine rings is 1. The molecule has 19 heavy (non-hydrogen) atoms. The van der Waals surface area contributed by atoms with Gasteiger partial charge in [0.05, 0.1) is 0 Å². The van der Waals surface area contributed by atoms with Crippen molar-refractivity contribution in [3.63, 3.8) is 0 Å². The number of aromatic nitrogens is 1. The number of ether oxygens (including phenoxy) is 1. The Hall–Kier alpha value is -1.87. The third-order valence-corrected chi connectivity index (χ3v) is 2.84. The second-order valence-corrected chi connectivity index (χ2v) is 4.58. The van der Waals surface area contributed by atoms with E-state index in [2.05, 4.69) is 35.4 Å². The van der Waals surface area contributed by atoms with Crippen molar-refractivity contribution >= 4 is 0 Å². The highest BCUT2D eigenvalue weighted by Gasteiger charge is 1.98. The summed E-state index contributed by atoms with van der Waals surface area (Å²) < 4.78 is 5.75. The maximum Gasteiger partial charge on any atom is 0.119 e. The van der Waals surface area contributed by atoms with Crippen LogP contribution in [0.3, 0.4) is 0 Å². The van der Waals surface area contributed by atoms with E-state index in [4.69, 9.17) is 4.74 Å². The molecule has 1 heterocycles. The summed E-state index contributed by atoms with van der Waals surface area (Å²) in [6.07, 6.45) is 3.69. The van der Waals surface area contributed by atoms with Gasteiger partial charge in [0.15, 0.2) is 0 Å². The number of nitrogens with one attached hydrogen (secondary N) is 1. The molecule has 0 saturated heterocycles. The van der Waals surface area contributed by atoms with E-state index in [0.29, 0.717) is 6.61 Å². The minimum absolute atomic E-state index is 0.557. The zero-order valence-electron chi connectivity index (χ0n) is 11.5. The largest absolute Gasteiger partial charge is 0.489 e. The van der Waals surface area contributed by atoms with E-state index in [1.165, 1.54) is 5.56 Å². The van der Waals surface area contributed by atoms with E-state index < -0.39 is 0 Å². The maximum absolute atomic E-state index is 5.75. The molecule has 1 N–H and O–H groups in total. The Labute approximate surface area is 114 Å². The van der Waals surface area contributed by atoms with Crippen LogP contribution in [-0.4, -0.2) is 11.5 Å². The van der Waals surface area contributed by atoms with E-state index >= 15 is 0 Å². The van der Waals surface area contributed by atoms with Crippen molar-refractivity contribution in [2.75, 3.05) is 6.54 Å². The van der Waals surface area contributed by atoms with Crippen molar-refractivity contribution in [1.29, 1.82) is 0 Å². The number of hydrogen-bond acceptors (Lipinski definition) is 3. The molecule has 0 amide bonds. The molecule has 0 aliphatic heterocycles. The first-order valence-electron chi connectivity index (χ1n) is 6.61. The summed E-state index contributed by atoms with van der Waals surface area (Å²) in [5.41, 5.74) is 3.52. The van der Waals surface area contributed by atoms with Gasteiger partial charge in [0, 0.05) is 24.5 Å². The van der Waals surface area contributed by atoms with Crippen molar-refractivity contribution in [2.24, 2.45) is 0 Å². The Balaban J connectivity index is 1.89. The van der Waals surface area contributed by atoms with Gasteiger partial charge >= 0.3 is 0 Å². The van der Waals surface area contributed by atoms with Crippen LogP contribution in [-0.2, 0) is 13.2 Å². The molecule has 3 heteroatoms. The molecular weight excluding hydrogens is 236 g/mol. The van der Waals surface area contributed by atoms with Crippen LogP contribution < -0.4 is 10.1 Å². The van der Waals surface area contributed by atoms with Gasteiger partial charge in [-0.15, -0.1) is 0 Å². The van der Waals surface area contributed by atoms with Crippen LogP contribution in [0.5, 0.6) is 5.75 Å². The molecule has 0 atom stereocenters. The van der Waals surface area contributed by atoms with E-state index in [1.54, 1.807) is 0 Å². The highest BCUT2D eigenvalue weighted by Crippen LogP contribution is 2.14. The molecule has 0 radical (unpaired) electrons. The molecule has 0 aliphatic carbocycles. The van der Waals surface area contributed by atoms with Gasteiger partial charge < -0.3 is 10.1 Å². The van der Waals surface area contributed by atoms with Crippen molar-refractivity contribution in [3.8, 4) is 5.75 Å². The van der Waals surface area contributed by atoms with Crippen LogP contribution in [0.2, 0.25) is 0 Å². The van der Waals surface area contributed by atoms with Crippen LogP contribution in [0.4, 0.5) is 0 Å². The number of aryl methyl sites for hydroxylation is 1. The van der Waals surface area contributed by atoms with E-state index in [-0.39, 0.29) is 0 Å². The molecule has 0 bridgehead atoms. The van der Waals surface area contributed by atoms with Crippen LogP contribution in [0.15, 0.2) is 42.7 Å². The Bertz CT molecular complexity index is 508. The average Bonchev–Trinajstić information content (AvgIpc) is 2.44. The average molecular weight is 256 g/mol. The van der Waals surface area contributed by atoms with Gasteiger partial charge in [0.1, 0.15) is 12.4 Å². The molecule has 0 unspecified atom stereocenters. The van der Waals surface area contributed by atoms with Crippen LogP contribution in [0, 0.1) is 6.92 Å². The van der Waals surface area contributed by atoms with Crippen LogP contribution in [0.1, 0.15) is 23.6 Å². The summed E-state index contributed by atoms with van der Waals surface area (Å²) in [7, 11) is 0. The van der Waals surface area contributed by atoms with Crippen molar-refractivity contribution < 1.29 is 4.74 Å². The number of nitrogens with zero attached hydrogens (tertiary/aromatic N) is 1. The van der Waals surface area contributed by atoms with Crippen molar-refractivity contribution in [3.05, 3.63) is 59.4 Å². The molecular formula is C16H20N2O. The van der Waals surface area contributed by atoms with Gasteiger partial charge in [0.25, 0.3) is 0 Å². The first-order valence-corrected chi connectivity index (χ1v) is 6.61. The standard InChI is InChI=1S/C16H20N2O/c1-3-17-10-14-4-6-16(7-5-14)19-12-15-8-13(2)9-18-11-15/h4-9,11,17H,3,10,12H2,1-2H3. The Morgan fingerprint density at radius 1 is 1.11 bits per heavy atom. The van der Waals surface area contributed by atoms with Crippen LogP contribution in [0.25, 0.3) is 0 Å². The van der Waals surface area contributed by atoms with Gasteiger partial charge in [-0.05, 0) is 42.8 Å². The monoisotopic (exact) mass is 256 g/mol. The normalized spacial score (nSPS) is 10.4. The number of benzene rings is 1. The number of hydrogen-bond donors (Lipinski definition) is 1. The third kappa shape index (κ3) is 4.38. The predicted molar refractivity (Wildman–Crippen MR) is 77.1 cm³/mol. The summed E-state index contributed by atoms with van der Waals surface area (Å²) in [6, 6.07) is 10.3. The lowest BCUT2D eigenvalue weighted by atomic mass is 10.2. The molecule has 2 aromatic rings. The maximum atomic E-state index is 5.75. The van der Waals surface area contributed by atoms with Crippen LogP contribution >= 0.6 is 0 Å². The molecule has 100 valence electrons. The molecule has 0 aliphatic rings. The summed E-state index contributed by atoms with van der Waals surface area (Å²) in [4.78, 5) is 4.16. The topological polar surface area (TPSA) is 34.1 Å². The van der Waals surface area contributed by atoms with E-state index in [1.807, 2.05) is 31.5 Å². The predicted octanol–water partition coefficient (Wildman–Crippen LogP) is 3.08. The molecule has 0 saturated carbocycles. The molecule has 2 rings (SSSR count). The first-order chi connectivity index (χ1) is 9.28. The van der Waals surface area contributed by atoms with Crippen molar-refractivity contribution in [1.82, 2.24) is 10.3 Å². The van der Waals surface area contributed by atoms with Gasteiger partial charge in [-0.1, -0.05) is 19.1 Å². The second kappa shape index (κ2) is 6.90. The molecule has 0 spiro atoms. The lowest BCUT2D eigenvalue weighted by Crippen LogP contribution is -2.11. The third-order valence-electron chi connectivity index (χ3n) is 2.84. The minimum atomic E-state index is 0.557. The Morgan fingerprint density at radius 2 is 1.89 bits per heavy atom. The SMILES string of the molecule is CCNCc1ccc(OCc2cncc(C)c2)cc1. The Kier molecular flexibility index (Phi) is 4.93. The highest BCUT2D eigenvalue weighted by atomic mass is 16.5. The molecule has 3 nitrogen and oxygen atoms in total. The fourth-order valence-electron chi connectivity index (χ4n) is 1.84. The quantitative estimate of drug-likeness (QED) is 0.862. The molecule has 1 aromatic heterocycles. The summed E-state index contributed by atoms with van der Waals surface area (Å²) >= 11 is 0. The van der Waals surface area contributed by atoms with Crippen molar-refractivity contribution in [2.45, 2.75) is 27.0 Å². The number of rotatable bonds is 6. The lowest BCUT2D eigenvalue weighted by Gasteiger charge is -2.08. The zero-order valence-corrected chi connectivity index (χ0v) is 11.5. The van der Waals surface area contributed by atoms with E-state index in [9.17, 15) is 0 Å². The highest BCUT2D eigenvalue weighted by molar-refractivity contribution is 5.27. The fraction of sp³-hybridized carbons (Fsp3) is 0.312. The van der Waals surface area contributed by atoms with Gasteiger partial charge in [-0.2, -0.15) is 0 Å². The summed E-state index contributed by atoms with van der Waals surface area (Å²) in [5.74, 6) is 0.891. The fourth-order valence-corrected chi connectivity index (χ4v) is 1.84. The zero-order chi connectivity index (χ0) is 13.5. The first kappa shape index (κ1) is 13.6. The molecule has 1 aromatic carbocycles. The smallest absolute Gasteiger partial charge is 0.119 e. The second-order valence-electron chi connectivity index (χ2n) is 4.58. The minimum Gasteiger partial charge on any atom is -0.489 e. The summed E-state index contributed by atoms with van der Waals surface area (Å²) in [5, 5.41) is 3.30. The van der Waals surface area contributed by atoms with Gasteiger partial charge in [0.2, 0.25) is 0 Å². The lowest BCUT2D eigenvalue weighted by molar-refractivity contribution is 0.305.